The summed E-state index contributed by atoms with van der Waals surface area (Å²) >= 11 is 0. The lowest BCUT2D eigenvalue weighted by atomic mass is 9.67. The van der Waals surface area contributed by atoms with E-state index in [1.807, 2.05) is 18.2 Å². The molecule has 6 rings (SSSR count). The van der Waals surface area contributed by atoms with Crippen LogP contribution in [0.1, 0.15) is 33.0 Å². The van der Waals surface area contributed by atoms with E-state index in [0.717, 1.165) is 16.7 Å². The van der Waals surface area contributed by atoms with Crippen molar-refractivity contribution in [3.05, 3.63) is 65.0 Å². The lowest BCUT2D eigenvalue weighted by Gasteiger charge is -2.34. The van der Waals surface area contributed by atoms with Gasteiger partial charge < -0.3 is 33.2 Å². The van der Waals surface area contributed by atoms with Crippen LogP contribution in [0.4, 0.5) is 0 Å². The molecule has 10 nitrogen and oxygen atoms in total. The van der Waals surface area contributed by atoms with E-state index in [1.54, 1.807) is 12.1 Å². The molecule has 1 fully saturated rings. The molecule has 0 bridgehead atoms. The molecule has 3 heterocycles. The Morgan fingerprint density at radius 1 is 0.947 bits per heavy atom. The Morgan fingerprint density at radius 3 is 2.37 bits per heavy atom. The molecule has 1 saturated heterocycles. The van der Waals surface area contributed by atoms with Crippen LogP contribution in [0.2, 0.25) is 0 Å². The molecule has 3 aromatic rings. The molecule has 2 aliphatic heterocycles. The first-order valence-corrected chi connectivity index (χ1v) is 12.1. The highest BCUT2D eigenvalue weighted by atomic mass is 16.7. The number of nitrogens with zero attached hydrogens (tertiary/aromatic N) is 1. The van der Waals surface area contributed by atoms with Crippen molar-refractivity contribution >= 4 is 11.9 Å². The normalized spacial score (nSPS) is 20.7. The molecule has 3 atom stereocenters. The molecule has 0 radical (unpaired) electrons. The number of rotatable bonds is 6. The fraction of sp³-hybridized carbons (Fsp3) is 0.321. The van der Waals surface area contributed by atoms with Gasteiger partial charge in [0.2, 0.25) is 18.3 Å². The second-order valence-electron chi connectivity index (χ2n) is 9.19. The number of esters is 2. The molecule has 0 unspecified atom stereocenters. The summed E-state index contributed by atoms with van der Waals surface area (Å²) in [7, 11) is 4.61. The van der Waals surface area contributed by atoms with Gasteiger partial charge in [0.15, 0.2) is 23.0 Å². The van der Waals surface area contributed by atoms with Gasteiger partial charge in [0.05, 0.1) is 39.4 Å². The lowest BCUT2D eigenvalue weighted by molar-refractivity contribution is -0.141. The highest BCUT2D eigenvalue weighted by Crippen LogP contribution is 2.56. The van der Waals surface area contributed by atoms with Gasteiger partial charge in [-0.1, -0.05) is 0 Å². The van der Waals surface area contributed by atoms with Crippen LogP contribution in [-0.4, -0.2) is 51.7 Å². The summed E-state index contributed by atoms with van der Waals surface area (Å²) in [5.41, 5.74) is 2.65. The van der Waals surface area contributed by atoms with Crippen LogP contribution < -0.4 is 28.4 Å². The summed E-state index contributed by atoms with van der Waals surface area (Å²) in [6.45, 7) is 0.248. The summed E-state index contributed by atoms with van der Waals surface area (Å²) in [5.74, 6) is 0.541. The van der Waals surface area contributed by atoms with E-state index in [2.05, 4.69) is 4.98 Å². The maximum absolute atomic E-state index is 13.1. The Kier molecular flexibility index (Phi) is 5.94. The number of hydrogen-bond donors (Lipinski definition) is 0. The van der Waals surface area contributed by atoms with Gasteiger partial charge in [0.25, 0.3) is 0 Å². The number of pyridine rings is 1. The molecule has 3 aliphatic rings. The van der Waals surface area contributed by atoms with Crippen molar-refractivity contribution in [2.75, 3.05) is 34.7 Å². The van der Waals surface area contributed by atoms with Crippen molar-refractivity contribution in [1.29, 1.82) is 0 Å². The number of carbonyl (C=O) groups excluding carboxylic acids is 2. The molecule has 38 heavy (non-hydrogen) atoms. The zero-order valence-corrected chi connectivity index (χ0v) is 21.0. The largest absolute Gasteiger partial charge is 0.493 e. The Labute approximate surface area is 218 Å². The second-order valence-corrected chi connectivity index (χ2v) is 9.19. The zero-order valence-electron chi connectivity index (χ0n) is 21.0. The molecule has 0 spiro atoms. The molecule has 10 heteroatoms. The number of methoxy groups -OCH3 is 3. The molecule has 2 aromatic carbocycles. The van der Waals surface area contributed by atoms with Crippen molar-refractivity contribution in [1.82, 2.24) is 4.98 Å². The average Bonchev–Trinajstić information content (AvgIpc) is 3.58. The number of fused-ring (bicyclic) bond motifs is 3. The molecule has 0 amide bonds. The Hall–Kier alpha value is -4.47. The third kappa shape index (κ3) is 3.75. The van der Waals surface area contributed by atoms with Gasteiger partial charge in [0, 0.05) is 29.8 Å². The van der Waals surface area contributed by atoms with Gasteiger partial charge >= 0.3 is 11.9 Å². The zero-order chi connectivity index (χ0) is 26.4. The maximum Gasteiger partial charge on any atom is 0.343 e. The van der Waals surface area contributed by atoms with Crippen LogP contribution >= 0.6 is 0 Å². The third-order valence-electron chi connectivity index (χ3n) is 7.29. The molecular weight excluding hydrogens is 494 g/mol. The summed E-state index contributed by atoms with van der Waals surface area (Å²) in [5, 5.41) is 0. The molecule has 0 N–H and O–H groups in total. The number of benzene rings is 2. The van der Waals surface area contributed by atoms with E-state index in [1.165, 1.54) is 33.7 Å². The molecule has 1 aromatic heterocycles. The van der Waals surface area contributed by atoms with E-state index in [9.17, 15) is 9.59 Å². The monoisotopic (exact) mass is 519 g/mol. The molecule has 0 saturated carbocycles. The van der Waals surface area contributed by atoms with Crippen LogP contribution in [-0.2, 0) is 16.0 Å². The topological polar surface area (TPSA) is 112 Å². The van der Waals surface area contributed by atoms with Crippen molar-refractivity contribution in [2.24, 2.45) is 11.8 Å². The van der Waals surface area contributed by atoms with Crippen molar-refractivity contribution in [2.45, 2.75) is 12.3 Å². The molecular formula is C28H25NO9. The van der Waals surface area contributed by atoms with Gasteiger partial charge in [-0.3, -0.25) is 9.78 Å². The first-order chi connectivity index (χ1) is 18.5. The van der Waals surface area contributed by atoms with Crippen LogP contribution in [0.3, 0.4) is 0 Å². The summed E-state index contributed by atoms with van der Waals surface area (Å²) < 4.78 is 39.7. The lowest BCUT2D eigenvalue weighted by Crippen LogP contribution is -2.32. The smallest absolute Gasteiger partial charge is 0.343 e. The maximum atomic E-state index is 13.1. The van der Waals surface area contributed by atoms with E-state index in [0.29, 0.717) is 40.7 Å². The minimum absolute atomic E-state index is 0.0121. The highest BCUT2D eigenvalue weighted by molar-refractivity contribution is 5.92. The third-order valence-corrected chi connectivity index (χ3v) is 7.29. The predicted molar refractivity (Wildman–Crippen MR) is 131 cm³/mol. The fourth-order valence-electron chi connectivity index (χ4n) is 5.60. The Bertz CT molecular complexity index is 1400. The predicted octanol–water partition coefficient (Wildman–Crippen LogP) is 3.53. The summed E-state index contributed by atoms with van der Waals surface area (Å²) in [6.07, 6.45) is 3.50. The number of hydrogen-bond acceptors (Lipinski definition) is 10. The minimum atomic E-state index is -0.552. The van der Waals surface area contributed by atoms with Crippen LogP contribution in [0.15, 0.2) is 42.7 Å². The highest BCUT2D eigenvalue weighted by Gasteiger charge is 2.49. The number of carbonyl (C=O) groups is 2. The van der Waals surface area contributed by atoms with E-state index < -0.39 is 17.8 Å². The first-order valence-electron chi connectivity index (χ1n) is 12.1. The molecule has 1 aliphatic carbocycles. The average molecular weight is 520 g/mol. The second kappa shape index (κ2) is 9.44. The number of aromatic nitrogens is 1. The van der Waals surface area contributed by atoms with E-state index in [-0.39, 0.29) is 31.0 Å². The van der Waals surface area contributed by atoms with Crippen LogP contribution in [0.5, 0.6) is 34.5 Å². The Morgan fingerprint density at radius 2 is 1.68 bits per heavy atom. The Balaban J connectivity index is 1.54. The van der Waals surface area contributed by atoms with Gasteiger partial charge in [-0.15, -0.1) is 0 Å². The van der Waals surface area contributed by atoms with Crippen LogP contribution in [0, 0.1) is 11.8 Å². The van der Waals surface area contributed by atoms with Gasteiger partial charge in [-0.05, 0) is 47.9 Å². The van der Waals surface area contributed by atoms with Crippen molar-refractivity contribution < 1.29 is 42.7 Å². The quantitative estimate of drug-likeness (QED) is 0.354. The SMILES string of the molecule is COc1cc([C@H]2c3cc4c(c(OC(=O)c5ccncc5)c3C[C@@H]3COC(=O)[C@@H]32)OCO4)cc(OC)c1OC. The van der Waals surface area contributed by atoms with Gasteiger partial charge in [-0.2, -0.15) is 0 Å². The summed E-state index contributed by atoms with van der Waals surface area (Å²) in [6, 6.07) is 8.67. The first kappa shape index (κ1) is 23.9. The van der Waals surface area contributed by atoms with E-state index >= 15 is 0 Å². The standard InChI is InChI=1S/C28H25NO9/c1-32-19-9-15(10-20(33-2)25(19)34-3)22-17-11-21-26(37-13-36-21)24(38-27(30)14-4-6-29-7-5-14)18(17)8-16-12-35-28(31)23(16)22/h4-7,9-11,16,22-23H,8,12-13H2,1-3H3/t16-,22+,23+/m1/s1. The number of cyclic esters (lactones) is 1. The molecule has 196 valence electrons. The minimum Gasteiger partial charge on any atom is -0.493 e. The van der Waals surface area contributed by atoms with Gasteiger partial charge in [-0.25, -0.2) is 4.79 Å². The van der Waals surface area contributed by atoms with Gasteiger partial charge in [0.1, 0.15) is 0 Å². The van der Waals surface area contributed by atoms with Crippen LogP contribution in [0.25, 0.3) is 0 Å². The number of ether oxygens (including phenoxy) is 7. The van der Waals surface area contributed by atoms with Crippen molar-refractivity contribution in [3.63, 3.8) is 0 Å². The summed E-state index contributed by atoms with van der Waals surface area (Å²) in [4.78, 5) is 30.1. The van der Waals surface area contributed by atoms with E-state index in [4.69, 9.17) is 33.2 Å². The fourth-order valence-corrected chi connectivity index (χ4v) is 5.60. The van der Waals surface area contributed by atoms with Crippen molar-refractivity contribution in [3.8, 4) is 34.5 Å².